The molecule has 2 heterocycles. The first kappa shape index (κ1) is 25.2. The first-order chi connectivity index (χ1) is 17.7. The SMILES string of the molecule is COC(=O)c1c(NC(=O)c2cc(-c3ccc(C(C)C)cc3)nc3ccc(C)cc23)sc2c1CC[C@@H](C)C2. The monoisotopic (exact) mass is 512 g/mol. The molecule has 2 aromatic heterocycles. The van der Waals surface area contributed by atoms with Gasteiger partial charge in [-0.3, -0.25) is 4.79 Å². The van der Waals surface area contributed by atoms with E-state index in [1.165, 1.54) is 24.0 Å². The van der Waals surface area contributed by atoms with E-state index in [2.05, 4.69) is 50.4 Å². The van der Waals surface area contributed by atoms with E-state index in [-0.39, 0.29) is 5.91 Å². The van der Waals surface area contributed by atoms with Gasteiger partial charge in [0.1, 0.15) is 5.00 Å². The van der Waals surface area contributed by atoms with Crippen LogP contribution in [0.4, 0.5) is 5.00 Å². The molecule has 0 saturated carbocycles. The number of carbonyl (C=O) groups is 2. The number of nitrogens with zero attached hydrogens (tertiary/aromatic N) is 1. The summed E-state index contributed by atoms with van der Waals surface area (Å²) in [7, 11) is 1.39. The Morgan fingerprint density at radius 2 is 1.86 bits per heavy atom. The van der Waals surface area contributed by atoms with Gasteiger partial charge in [0.05, 0.1) is 29.4 Å². The summed E-state index contributed by atoms with van der Waals surface area (Å²) in [5.74, 6) is 0.335. The minimum Gasteiger partial charge on any atom is -0.465 e. The Hall–Kier alpha value is -3.51. The average Bonchev–Trinajstić information content (AvgIpc) is 3.24. The molecule has 37 heavy (non-hydrogen) atoms. The highest BCUT2D eigenvalue weighted by atomic mass is 32.1. The zero-order valence-corrected chi connectivity index (χ0v) is 22.8. The number of carbonyl (C=O) groups excluding carboxylic acids is 2. The third-order valence-electron chi connectivity index (χ3n) is 7.21. The Labute approximate surface area is 221 Å². The number of ether oxygens (including phenoxy) is 1. The van der Waals surface area contributed by atoms with Gasteiger partial charge in [0, 0.05) is 15.8 Å². The number of anilines is 1. The number of esters is 1. The van der Waals surface area contributed by atoms with Gasteiger partial charge in [0.2, 0.25) is 0 Å². The van der Waals surface area contributed by atoms with Crippen molar-refractivity contribution in [2.24, 2.45) is 5.92 Å². The van der Waals surface area contributed by atoms with E-state index in [9.17, 15) is 9.59 Å². The number of aromatic nitrogens is 1. The largest absolute Gasteiger partial charge is 0.465 e. The summed E-state index contributed by atoms with van der Waals surface area (Å²) in [6, 6.07) is 16.2. The van der Waals surface area contributed by atoms with Gasteiger partial charge >= 0.3 is 5.97 Å². The van der Waals surface area contributed by atoms with E-state index in [0.29, 0.717) is 28.0 Å². The molecule has 0 radical (unpaired) electrons. The molecule has 0 unspecified atom stereocenters. The van der Waals surface area contributed by atoms with Crippen LogP contribution in [0.25, 0.3) is 22.2 Å². The minimum absolute atomic E-state index is 0.255. The van der Waals surface area contributed by atoms with E-state index in [0.717, 1.165) is 57.4 Å². The molecule has 190 valence electrons. The summed E-state index contributed by atoms with van der Waals surface area (Å²) in [5.41, 5.74) is 6.81. The predicted octanol–water partition coefficient (Wildman–Crippen LogP) is 7.56. The van der Waals surface area contributed by atoms with E-state index >= 15 is 0 Å². The zero-order chi connectivity index (χ0) is 26.3. The molecular formula is C31H32N2O3S. The lowest BCUT2D eigenvalue weighted by atomic mass is 9.88. The summed E-state index contributed by atoms with van der Waals surface area (Å²) in [4.78, 5) is 32.6. The second-order valence-corrected chi connectivity index (χ2v) is 11.5. The van der Waals surface area contributed by atoms with Gasteiger partial charge in [0.15, 0.2) is 0 Å². The minimum atomic E-state index is -0.399. The first-order valence-corrected chi connectivity index (χ1v) is 13.6. The number of hydrogen-bond donors (Lipinski definition) is 1. The predicted molar refractivity (Wildman–Crippen MR) is 151 cm³/mol. The number of pyridine rings is 1. The van der Waals surface area contributed by atoms with Gasteiger partial charge in [-0.05, 0) is 67.3 Å². The maximum Gasteiger partial charge on any atom is 0.341 e. The summed E-state index contributed by atoms with van der Waals surface area (Å²) in [5, 5.41) is 4.43. The molecule has 1 N–H and O–H groups in total. The van der Waals surface area contributed by atoms with Crippen LogP contribution in [0.3, 0.4) is 0 Å². The molecule has 1 aliphatic carbocycles. The number of fused-ring (bicyclic) bond motifs is 2. The number of aryl methyl sites for hydroxylation is 1. The van der Waals surface area contributed by atoms with Gasteiger partial charge in [0.25, 0.3) is 5.91 Å². The van der Waals surface area contributed by atoms with E-state index in [4.69, 9.17) is 9.72 Å². The van der Waals surface area contributed by atoms with Crippen molar-refractivity contribution in [3.05, 3.63) is 81.2 Å². The number of rotatable bonds is 5. The Balaban J connectivity index is 1.58. The lowest BCUT2D eigenvalue weighted by molar-refractivity contribution is 0.0601. The van der Waals surface area contributed by atoms with Crippen LogP contribution in [0.5, 0.6) is 0 Å². The molecule has 0 fully saturated rings. The van der Waals surface area contributed by atoms with Crippen LogP contribution in [0.2, 0.25) is 0 Å². The van der Waals surface area contributed by atoms with E-state index in [1.807, 2.05) is 31.2 Å². The fourth-order valence-electron chi connectivity index (χ4n) is 5.04. The summed E-state index contributed by atoms with van der Waals surface area (Å²) in [6.45, 7) is 8.56. The molecule has 0 bridgehead atoms. The van der Waals surface area contributed by atoms with Crippen LogP contribution in [0.1, 0.15) is 75.4 Å². The number of benzene rings is 2. The van der Waals surface area contributed by atoms with Crippen LogP contribution in [0.15, 0.2) is 48.5 Å². The van der Waals surface area contributed by atoms with Gasteiger partial charge in [-0.25, -0.2) is 9.78 Å². The molecule has 1 amide bonds. The van der Waals surface area contributed by atoms with Crippen molar-refractivity contribution in [1.82, 2.24) is 4.98 Å². The standard InChI is InChI=1S/C31H32N2O3S/c1-17(2)20-8-10-21(11-9-20)26-16-24(23-14-18(3)7-13-25(23)32-26)29(34)33-30-28(31(35)36-5)22-12-6-19(4)15-27(22)37-30/h7-11,13-14,16-17,19H,6,12,15H2,1-5H3,(H,33,34)/t19-/m1/s1. The Morgan fingerprint density at radius 3 is 2.57 bits per heavy atom. The molecule has 1 aliphatic rings. The van der Waals surface area contributed by atoms with Crippen molar-refractivity contribution in [2.75, 3.05) is 12.4 Å². The number of amides is 1. The van der Waals surface area contributed by atoms with E-state index in [1.54, 1.807) is 0 Å². The van der Waals surface area contributed by atoms with Crippen LogP contribution in [-0.4, -0.2) is 24.0 Å². The van der Waals surface area contributed by atoms with Crippen molar-refractivity contribution in [3.63, 3.8) is 0 Å². The maximum absolute atomic E-state index is 13.8. The Morgan fingerprint density at radius 1 is 1.11 bits per heavy atom. The van der Waals surface area contributed by atoms with Crippen LogP contribution in [0, 0.1) is 12.8 Å². The van der Waals surface area contributed by atoms with Gasteiger partial charge in [-0.1, -0.05) is 56.7 Å². The van der Waals surface area contributed by atoms with Crippen molar-refractivity contribution in [3.8, 4) is 11.3 Å². The normalized spacial score (nSPS) is 15.0. The quantitative estimate of drug-likeness (QED) is 0.280. The van der Waals surface area contributed by atoms with Crippen molar-refractivity contribution in [2.45, 2.75) is 52.9 Å². The first-order valence-electron chi connectivity index (χ1n) is 12.8. The highest BCUT2D eigenvalue weighted by Crippen LogP contribution is 2.40. The molecule has 4 aromatic rings. The second kappa shape index (κ2) is 10.1. The van der Waals surface area contributed by atoms with Crippen molar-refractivity contribution < 1.29 is 14.3 Å². The van der Waals surface area contributed by atoms with Gasteiger partial charge in [-0.2, -0.15) is 0 Å². The maximum atomic E-state index is 13.8. The zero-order valence-electron chi connectivity index (χ0n) is 22.0. The molecule has 5 nitrogen and oxygen atoms in total. The number of methoxy groups -OCH3 is 1. The van der Waals surface area contributed by atoms with Crippen LogP contribution >= 0.6 is 11.3 Å². The molecule has 0 spiro atoms. The van der Waals surface area contributed by atoms with Crippen molar-refractivity contribution in [1.29, 1.82) is 0 Å². The topological polar surface area (TPSA) is 68.3 Å². The molecule has 1 atom stereocenters. The summed E-state index contributed by atoms with van der Waals surface area (Å²) >= 11 is 1.50. The number of nitrogens with one attached hydrogen (secondary N) is 1. The third-order valence-corrected chi connectivity index (χ3v) is 8.38. The summed E-state index contributed by atoms with van der Waals surface area (Å²) in [6.07, 6.45) is 2.75. The smallest absolute Gasteiger partial charge is 0.341 e. The molecular weight excluding hydrogens is 480 g/mol. The highest BCUT2D eigenvalue weighted by molar-refractivity contribution is 7.17. The van der Waals surface area contributed by atoms with Crippen LogP contribution in [-0.2, 0) is 17.6 Å². The molecule has 2 aromatic carbocycles. The lowest BCUT2D eigenvalue weighted by Gasteiger charge is -2.18. The number of hydrogen-bond acceptors (Lipinski definition) is 5. The van der Waals surface area contributed by atoms with E-state index < -0.39 is 5.97 Å². The Kier molecular flexibility index (Phi) is 6.86. The number of thiophene rings is 1. The fraction of sp³-hybridized carbons (Fsp3) is 0.323. The Bertz CT molecular complexity index is 1500. The van der Waals surface area contributed by atoms with Crippen LogP contribution < -0.4 is 5.32 Å². The summed E-state index contributed by atoms with van der Waals surface area (Å²) < 4.78 is 5.11. The fourth-order valence-corrected chi connectivity index (χ4v) is 6.44. The molecule has 6 heteroatoms. The molecule has 0 aliphatic heterocycles. The molecule has 0 saturated heterocycles. The highest BCUT2D eigenvalue weighted by Gasteiger charge is 2.29. The second-order valence-electron chi connectivity index (χ2n) is 10.4. The van der Waals surface area contributed by atoms with Gasteiger partial charge < -0.3 is 10.1 Å². The third kappa shape index (κ3) is 4.90. The lowest BCUT2D eigenvalue weighted by Crippen LogP contribution is -2.16. The average molecular weight is 513 g/mol. The van der Waals surface area contributed by atoms with Crippen molar-refractivity contribution >= 4 is 39.1 Å². The van der Waals surface area contributed by atoms with Gasteiger partial charge in [-0.15, -0.1) is 11.3 Å². The molecule has 5 rings (SSSR count).